The third-order valence-electron chi connectivity index (χ3n) is 5.84. The van der Waals surface area contributed by atoms with Crippen molar-refractivity contribution in [3.63, 3.8) is 0 Å². The molecular formula is C15H23NO2. The predicted octanol–water partition coefficient (Wildman–Crippen LogP) is 1.80. The van der Waals surface area contributed by atoms with E-state index in [0.717, 1.165) is 37.0 Å². The van der Waals surface area contributed by atoms with Crippen LogP contribution in [0.1, 0.15) is 45.4 Å². The summed E-state index contributed by atoms with van der Waals surface area (Å²) in [6, 6.07) is 0. The highest BCUT2D eigenvalue weighted by atomic mass is 16.3. The van der Waals surface area contributed by atoms with Gasteiger partial charge >= 0.3 is 0 Å². The Morgan fingerprint density at radius 1 is 1.06 bits per heavy atom. The van der Waals surface area contributed by atoms with Gasteiger partial charge in [-0.2, -0.15) is 0 Å². The zero-order valence-corrected chi connectivity index (χ0v) is 11.2. The van der Waals surface area contributed by atoms with E-state index < -0.39 is 5.60 Å². The molecule has 4 saturated carbocycles. The molecule has 1 aliphatic heterocycles. The molecule has 0 atom stereocenters. The normalized spacial score (nSPS) is 48.1. The zero-order chi connectivity index (χ0) is 12.5. The Balaban J connectivity index is 1.55. The van der Waals surface area contributed by atoms with Gasteiger partial charge < -0.3 is 10.0 Å². The molecule has 0 spiro atoms. The summed E-state index contributed by atoms with van der Waals surface area (Å²) >= 11 is 0. The average molecular weight is 249 g/mol. The van der Waals surface area contributed by atoms with Crippen molar-refractivity contribution in [2.24, 2.45) is 23.2 Å². The maximum atomic E-state index is 12.8. The maximum absolute atomic E-state index is 12.8. The van der Waals surface area contributed by atoms with Crippen LogP contribution in [0.4, 0.5) is 0 Å². The van der Waals surface area contributed by atoms with Gasteiger partial charge in [0.05, 0.1) is 24.1 Å². The number of carbonyl (C=O) groups excluding carboxylic acids is 1. The maximum Gasteiger partial charge on any atom is 0.229 e. The summed E-state index contributed by atoms with van der Waals surface area (Å²) in [7, 11) is 0. The van der Waals surface area contributed by atoms with Gasteiger partial charge in [0.1, 0.15) is 0 Å². The summed E-state index contributed by atoms with van der Waals surface area (Å²) in [5.74, 6) is 2.83. The average Bonchev–Trinajstić information content (AvgIpc) is 2.22. The summed E-state index contributed by atoms with van der Waals surface area (Å²) in [6.07, 6.45) is 7.54. The smallest absolute Gasteiger partial charge is 0.229 e. The number of rotatable bonds is 1. The predicted molar refractivity (Wildman–Crippen MR) is 67.8 cm³/mol. The van der Waals surface area contributed by atoms with Crippen LogP contribution in [0.3, 0.4) is 0 Å². The van der Waals surface area contributed by atoms with Crippen molar-refractivity contribution in [3.05, 3.63) is 0 Å². The third-order valence-corrected chi connectivity index (χ3v) is 5.84. The number of hydrogen-bond acceptors (Lipinski definition) is 2. The molecule has 5 fully saturated rings. The number of amides is 1. The number of nitrogens with zero attached hydrogens (tertiary/aromatic N) is 1. The van der Waals surface area contributed by atoms with E-state index in [2.05, 4.69) is 0 Å². The van der Waals surface area contributed by atoms with Gasteiger partial charge in [-0.3, -0.25) is 4.79 Å². The van der Waals surface area contributed by atoms with Crippen LogP contribution in [-0.4, -0.2) is 34.6 Å². The molecule has 1 amide bonds. The van der Waals surface area contributed by atoms with Gasteiger partial charge in [0.25, 0.3) is 0 Å². The Hall–Kier alpha value is -0.570. The molecule has 0 aromatic carbocycles. The Morgan fingerprint density at radius 3 is 1.89 bits per heavy atom. The van der Waals surface area contributed by atoms with Crippen molar-refractivity contribution < 1.29 is 9.90 Å². The van der Waals surface area contributed by atoms with Crippen LogP contribution < -0.4 is 0 Å². The molecule has 1 N–H and O–H groups in total. The first-order valence-electron chi connectivity index (χ1n) is 7.48. The summed E-state index contributed by atoms with van der Waals surface area (Å²) in [6.45, 7) is 2.93. The summed E-state index contributed by atoms with van der Waals surface area (Å²) in [5.41, 5.74) is -0.650. The largest absolute Gasteiger partial charge is 0.386 e. The monoisotopic (exact) mass is 249 g/mol. The first kappa shape index (κ1) is 11.3. The van der Waals surface area contributed by atoms with Crippen LogP contribution in [-0.2, 0) is 4.79 Å². The molecule has 5 rings (SSSR count). The molecule has 0 aromatic rings. The third kappa shape index (κ3) is 1.49. The Bertz CT molecular complexity index is 358. The van der Waals surface area contributed by atoms with Crippen LogP contribution in [0.5, 0.6) is 0 Å². The van der Waals surface area contributed by atoms with Crippen molar-refractivity contribution >= 4 is 5.91 Å². The first-order valence-corrected chi connectivity index (χ1v) is 7.48. The SMILES string of the molecule is CC1(O)CN(C(=O)C23CC4CC(CC(C4)C2)C3)C1. The standard InChI is InChI=1S/C15H23NO2/c1-14(18)8-16(9-14)13(17)15-5-10-2-11(6-15)4-12(3-10)7-15/h10-12,18H,2-9H2,1H3. The Morgan fingerprint density at radius 2 is 1.50 bits per heavy atom. The van der Waals surface area contributed by atoms with Crippen LogP contribution >= 0.6 is 0 Å². The zero-order valence-electron chi connectivity index (χ0n) is 11.2. The second-order valence-corrected chi connectivity index (χ2v) is 7.86. The van der Waals surface area contributed by atoms with Crippen LogP contribution in [0, 0.1) is 23.2 Å². The van der Waals surface area contributed by atoms with E-state index in [1.165, 1.54) is 19.3 Å². The molecule has 0 unspecified atom stereocenters. The fourth-order valence-electron chi connectivity index (χ4n) is 5.63. The quantitative estimate of drug-likeness (QED) is 0.770. The van der Waals surface area contributed by atoms with Crippen LogP contribution in [0.2, 0.25) is 0 Å². The van der Waals surface area contributed by atoms with Gasteiger partial charge in [-0.25, -0.2) is 0 Å². The fourth-order valence-corrected chi connectivity index (χ4v) is 5.63. The number of carbonyl (C=O) groups is 1. The summed E-state index contributed by atoms with van der Waals surface area (Å²) < 4.78 is 0. The van der Waals surface area contributed by atoms with Gasteiger partial charge in [-0.1, -0.05) is 0 Å². The second-order valence-electron chi connectivity index (χ2n) is 7.86. The van der Waals surface area contributed by atoms with E-state index in [1.54, 1.807) is 0 Å². The van der Waals surface area contributed by atoms with E-state index in [4.69, 9.17) is 0 Å². The van der Waals surface area contributed by atoms with Gasteiger partial charge in [-0.05, 0) is 63.2 Å². The van der Waals surface area contributed by atoms with Crippen molar-refractivity contribution in [2.75, 3.05) is 13.1 Å². The molecule has 5 aliphatic rings. The molecule has 18 heavy (non-hydrogen) atoms. The van der Waals surface area contributed by atoms with E-state index in [-0.39, 0.29) is 5.41 Å². The van der Waals surface area contributed by atoms with Gasteiger partial charge in [0.15, 0.2) is 0 Å². The van der Waals surface area contributed by atoms with Crippen molar-refractivity contribution in [1.29, 1.82) is 0 Å². The van der Waals surface area contributed by atoms with E-state index in [1.807, 2.05) is 11.8 Å². The molecule has 3 heteroatoms. The van der Waals surface area contributed by atoms with Crippen LogP contribution in [0.15, 0.2) is 0 Å². The molecule has 4 bridgehead atoms. The number of hydrogen-bond donors (Lipinski definition) is 1. The summed E-state index contributed by atoms with van der Waals surface area (Å²) in [4.78, 5) is 14.7. The van der Waals surface area contributed by atoms with Gasteiger partial charge in [0.2, 0.25) is 5.91 Å². The highest BCUT2D eigenvalue weighted by molar-refractivity contribution is 5.84. The van der Waals surface area contributed by atoms with Crippen molar-refractivity contribution in [2.45, 2.75) is 51.0 Å². The molecule has 0 radical (unpaired) electrons. The lowest BCUT2D eigenvalue weighted by Crippen LogP contribution is -2.66. The van der Waals surface area contributed by atoms with Crippen molar-refractivity contribution in [3.8, 4) is 0 Å². The van der Waals surface area contributed by atoms with E-state index in [9.17, 15) is 9.90 Å². The number of β-amino-alcohol motifs (C(OH)–C–C–N with tert-alkyl or cyclic N) is 1. The highest BCUT2D eigenvalue weighted by Gasteiger charge is 2.57. The minimum absolute atomic E-state index is 0.0226. The minimum Gasteiger partial charge on any atom is -0.386 e. The van der Waals surface area contributed by atoms with Crippen LogP contribution in [0.25, 0.3) is 0 Å². The lowest BCUT2D eigenvalue weighted by Gasteiger charge is -2.58. The lowest BCUT2D eigenvalue weighted by atomic mass is 9.49. The van der Waals surface area contributed by atoms with Crippen molar-refractivity contribution in [1.82, 2.24) is 4.90 Å². The molecule has 0 aromatic heterocycles. The fraction of sp³-hybridized carbons (Fsp3) is 0.933. The molecule has 1 heterocycles. The number of likely N-dealkylation sites (tertiary alicyclic amines) is 1. The van der Waals surface area contributed by atoms with Gasteiger partial charge in [0, 0.05) is 0 Å². The topological polar surface area (TPSA) is 40.5 Å². The molecule has 1 saturated heterocycles. The Labute approximate surface area is 109 Å². The lowest BCUT2D eigenvalue weighted by molar-refractivity contribution is -0.176. The summed E-state index contributed by atoms with van der Waals surface area (Å²) in [5, 5.41) is 9.82. The molecule has 4 aliphatic carbocycles. The second kappa shape index (κ2) is 3.30. The van der Waals surface area contributed by atoms with E-state index >= 15 is 0 Å². The number of aliphatic hydroxyl groups is 1. The van der Waals surface area contributed by atoms with E-state index in [0.29, 0.717) is 19.0 Å². The molecular weight excluding hydrogens is 226 g/mol. The first-order chi connectivity index (χ1) is 8.46. The Kier molecular flexibility index (Phi) is 2.07. The molecule has 100 valence electrons. The van der Waals surface area contributed by atoms with Gasteiger partial charge in [-0.15, -0.1) is 0 Å². The molecule has 3 nitrogen and oxygen atoms in total. The minimum atomic E-state index is -0.627. The highest BCUT2D eigenvalue weighted by Crippen LogP contribution is 2.60.